The van der Waals surface area contributed by atoms with Crippen LogP contribution in [0.25, 0.3) is 22.5 Å². The molecule has 0 radical (unpaired) electrons. The maximum absolute atomic E-state index is 5.63. The van der Waals surface area contributed by atoms with E-state index in [0.29, 0.717) is 11.7 Å². The fourth-order valence-corrected chi connectivity index (χ4v) is 3.63. The Balaban J connectivity index is 1.73. The standard InChI is InChI=1S/C22H20N4O3/c1-13-9-18-19(28-12-27-18)10-17(13)21-20(16-7-5-4-6-8-16)23-11-26(21)14(2)22-24-15(3)25-29-22/h4-11,14H,12H2,1-3H3/t14-/m0/s1. The summed E-state index contributed by atoms with van der Waals surface area (Å²) in [6.07, 6.45) is 1.83. The Kier molecular flexibility index (Phi) is 4.08. The zero-order chi connectivity index (χ0) is 20.0. The van der Waals surface area contributed by atoms with Gasteiger partial charge in [-0.05, 0) is 38.5 Å². The van der Waals surface area contributed by atoms with Gasteiger partial charge in [0.15, 0.2) is 17.3 Å². The molecule has 2 aromatic carbocycles. The van der Waals surface area contributed by atoms with E-state index in [1.807, 2.05) is 50.5 Å². The van der Waals surface area contributed by atoms with Crippen LogP contribution in [-0.4, -0.2) is 26.5 Å². The smallest absolute Gasteiger partial charge is 0.249 e. The average Bonchev–Trinajstić information content (AvgIpc) is 3.46. The molecule has 3 heterocycles. The van der Waals surface area contributed by atoms with Crippen molar-refractivity contribution in [1.82, 2.24) is 19.7 Å². The fraction of sp³-hybridized carbons (Fsp3) is 0.227. The van der Waals surface area contributed by atoms with Crippen LogP contribution in [0.3, 0.4) is 0 Å². The number of hydrogen-bond acceptors (Lipinski definition) is 6. The molecule has 0 N–H and O–H groups in total. The molecule has 29 heavy (non-hydrogen) atoms. The Morgan fingerprint density at radius 3 is 2.52 bits per heavy atom. The molecule has 0 saturated heterocycles. The molecule has 0 bridgehead atoms. The first-order chi connectivity index (χ1) is 14.1. The summed E-state index contributed by atoms with van der Waals surface area (Å²) in [4.78, 5) is 9.16. The van der Waals surface area contributed by atoms with Crippen molar-refractivity contribution in [3.05, 3.63) is 66.1 Å². The molecule has 0 fully saturated rings. The maximum atomic E-state index is 5.63. The Morgan fingerprint density at radius 1 is 1.03 bits per heavy atom. The zero-order valence-electron chi connectivity index (χ0n) is 16.4. The van der Waals surface area contributed by atoms with Crippen molar-refractivity contribution in [1.29, 1.82) is 0 Å². The minimum Gasteiger partial charge on any atom is -0.454 e. The summed E-state index contributed by atoms with van der Waals surface area (Å²) < 4.78 is 18.7. The minimum absolute atomic E-state index is 0.180. The van der Waals surface area contributed by atoms with Crippen LogP contribution < -0.4 is 9.47 Å². The zero-order valence-corrected chi connectivity index (χ0v) is 16.4. The Morgan fingerprint density at radius 2 is 1.79 bits per heavy atom. The molecule has 7 heteroatoms. The number of imidazole rings is 1. The maximum Gasteiger partial charge on any atom is 0.249 e. The van der Waals surface area contributed by atoms with E-state index in [4.69, 9.17) is 19.0 Å². The molecule has 0 spiro atoms. The van der Waals surface area contributed by atoms with E-state index in [1.165, 1.54) is 0 Å². The number of ether oxygens (including phenoxy) is 2. The van der Waals surface area contributed by atoms with E-state index in [0.717, 1.165) is 39.6 Å². The van der Waals surface area contributed by atoms with Gasteiger partial charge < -0.3 is 18.6 Å². The molecule has 1 aliphatic rings. The first-order valence-electron chi connectivity index (χ1n) is 9.45. The number of rotatable bonds is 4. The van der Waals surface area contributed by atoms with Crippen molar-refractivity contribution < 1.29 is 14.0 Å². The van der Waals surface area contributed by atoms with Gasteiger partial charge in [-0.3, -0.25) is 0 Å². The van der Waals surface area contributed by atoms with Crippen molar-refractivity contribution >= 4 is 0 Å². The molecule has 4 aromatic rings. The first-order valence-corrected chi connectivity index (χ1v) is 9.45. The molecule has 0 saturated carbocycles. The quantitative estimate of drug-likeness (QED) is 0.510. The Hall–Kier alpha value is -3.61. The predicted octanol–water partition coefficient (Wildman–Crippen LogP) is 4.55. The van der Waals surface area contributed by atoms with Crippen LogP contribution in [-0.2, 0) is 0 Å². The van der Waals surface area contributed by atoms with Crippen LogP contribution in [0.1, 0.15) is 30.2 Å². The molecular formula is C22H20N4O3. The molecule has 146 valence electrons. The lowest BCUT2D eigenvalue weighted by atomic mass is 9.99. The van der Waals surface area contributed by atoms with Crippen LogP contribution >= 0.6 is 0 Å². The number of nitrogens with zero attached hydrogens (tertiary/aromatic N) is 4. The van der Waals surface area contributed by atoms with Crippen LogP contribution in [0.15, 0.2) is 53.3 Å². The highest BCUT2D eigenvalue weighted by atomic mass is 16.7. The van der Waals surface area contributed by atoms with Crippen LogP contribution in [0.4, 0.5) is 0 Å². The minimum atomic E-state index is -0.180. The third-order valence-corrected chi connectivity index (χ3v) is 5.13. The van der Waals surface area contributed by atoms with Crippen molar-refractivity contribution in [2.75, 3.05) is 6.79 Å². The molecule has 7 nitrogen and oxygen atoms in total. The number of aryl methyl sites for hydroxylation is 2. The highest BCUT2D eigenvalue weighted by Gasteiger charge is 2.25. The topological polar surface area (TPSA) is 75.2 Å². The van der Waals surface area contributed by atoms with Gasteiger partial charge in [-0.25, -0.2) is 4.98 Å². The summed E-state index contributed by atoms with van der Waals surface area (Å²) in [5.74, 6) is 2.65. The summed E-state index contributed by atoms with van der Waals surface area (Å²) >= 11 is 0. The Bertz CT molecular complexity index is 1180. The van der Waals surface area contributed by atoms with Gasteiger partial charge in [-0.1, -0.05) is 35.5 Å². The fourth-order valence-electron chi connectivity index (χ4n) is 3.63. The summed E-state index contributed by atoms with van der Waals surface area (Å²) in [6, 6.07) is 14.0. The SMILES string of the molecule is Cc1noc([C@H](C)n2cnc(-c3ccccc3)c2-c2cc3c(cc2C)OCO3)n1. The summed E-state index contributed by atoms with van der Waals surface area (Å²) in [7, 11) is 0. The van der Waals surface area contributed by atoms with E-state index in [-0.39, 0.29) is 12.8 Å². The van der Waals surface area contributed by atoms with Crippen LogP contribution in [0, 0.1) is 13.8 Å². The molecular weight excluding hydrogens is 368 g/mol. The predicted molar refractivity (Wildman–Crippen MR) is 107 cm³/mol. The molecule has 0 aliphatic carbocycles. The van der Waals surface area contributed by atoms with E-state index in [1.54, 1.807) is 0 Å². The van der Waals surface area contributed by atoms with Gasteiger partial charge in [0.25, 0.3) is 0 Å². The summed E-state index contributed by atoms with van der Waals surface area (Å²) in [6.45, 7) is 6.13. The van der Waals surface area contributed by atoms with Gasteiger partial charge in [0.1, 0.15) is 6.04 Å². The molecule has 0 amide bonds. The average molecular weight is 388 g/mol. The molecule has 1 aliphatic heterocycles. The molecule has 1 atom stereocenters. The van der Waals surface area contributed by atoms with Gasteiger partial charge in [0, 0.05) is 11.1 Å². The Labute approximate surface area is 167 Å². The molecule has 0 unspecified atom stereocenters. The van der Waals surface area contributed by atoms with Crippen LogP contribution in [0.2, 0.25) is 0 Å². The lowest BCUT2D eigenvalue weighted by molar-refractivity contribution is 0.174. The van der Waals surface area contributed by atoms with Gasteiger partial charge in [0.2, 0.25) is 12.7 Å². The lowest BCUT2D eigenvalue weighted by Crippen LogP contribution is -2.08. The first kappa shape index (κ1) is 17.5. The third-order valence-electron chi connectivity index (χ3n) is 5.13. The summed E-state index contributed by atoms with van der Waals surface area (Å²) in [5.41, 5.74) is 4.98. The van der Waals surface area contributed by atoms with E-state index < -0.39 is 0 Å². The van der Waals surface area contributed by atoms with E-state index in [2.05, 4.69) is 33.8 Å². The molecule has 2 aromatic heterocycles. The highest BCUT2D eigenvalue weighted by molar-refractivity contribution is 5.82. The number of fused-ring (bicyclic) bond motifs is 1. The van der Waals surface area contributed by atoms with Gasteiger partial charge in [-0.2, -0.15) is 4.98 Å². The highest BCUT2D eigenvalue weighted by Crippen LogP contribution is 2.42. The van der Waals surface area contributed by atoms with Gasteiger partial charge >= 0.3 is 0 Å². The second-order valence-electron chi connectivity index (χ2n) is 7.09. The normalized spacial score (nSPS) is 13.6. The summed E-state index contributed by atoms with van der Waals surface area (Å²) in [5, 5.41) is 3.94. The van der Waals surface area contributed by atoms with Crippen molar-refractivity contribution in [2.45, 2.75) is 26.8 Å². The van der Waals surface area contributed by atoms with Crippen molar-refractivity contribution in [2.24, 2.45) is 0 Å². The largest absolute Gasteiger partial charge is 0.454 e. The molecule has 5 rings (SSSR count). The van der Waals surface area contributed by atoms with Gasteiger partial charge in [-0.15, -0.1) is 0 Å². The number of hydrogen-bond donors (Lipinski definition) is 0. The third kappa shape index (κ3) is 2.95. The van der Waals surface area contributed by atoms with Gasteiger partial charge in [0.05, 0.1) is 17.7 Å². The van der Waals surface area contributed by atoms with Crippen molar-refractivity contribution in [3.8, 4) is 34.0 Å². The second-order valence-corrected chi connectivity index (χ2v) is 7.09. The lowest BCUT2D eigenvalue weighted by Gasteiger charge is -2.16. The number of benzene rings is 2. The second kappa shape index (κ2) is 6.77. The monoisotopic (exact) mass is 388 g/mol. The number of aromatic nitrogens is 4. The van der Waals surface area contributed by atoms with Crippen molar-refractivity contribution in [3.63, 3.8) is 0 Å². The van der Waals surface area contributed by atoms with E-state index >= 15 is 0 Å². The van der Waals surface area contributed by atoms with Crippen LogP contribution in [0.5, 0.6) is 11.5 Å². The van der Waals surface area contributed by atoms with E-state index in [9.17, 15) is 0 Å².